The molecule has 1 aromatic carbocycles. The third kappa shape index (κ3) is 7.43. The van der Waals surface area contributed by atoms with Gasteiger partial charge >= 0.3 is 160 Å². The molecule has 1 aromatic rings. The quantitative estimate of drug-likeness (QED) is 0.269. The third-order valence-corrected chi connectivity index (χ3v) is 24.2. The van der Waals surface area contributed by atoms with Crippen LogP contribution in [0.2, 0.25) is 30.6 Å². The van der Waals surface area contributed by atoms with E-state index in [0.717, 1.165) is 0 Å². The standard InChI is InChI=1S/C10H15Ge.3C4H9.Sn/c1-11(2,3)9-10-7-5-4-6-8-10;3*1-3-4-2;/h4-7H,9H2,1-3H3;3*1,3-4H2,2H3;. The van der Waals surface area contributed by atoms with Crippen LogP contribution in [0.3, 0.4) is 0 Å². The van der Waals surface area contributed by atoms with E-state index in [1.54, 1.807) is 18.9 Å². The van der Waals surface area contributed by atoms with Crippen LogP contribution in [0.4, 0.5) is 0 Å². The van der Waals surface area contributed by atoms with Crippen LogP contribution in [0.25, 0.3) is 0 Å². The summed E-state index contributed by atoms with van der Waals surface area (Å²) in [6.07, 6.45) is 8.51. The Balaban J connectivity index is 3.28. The molecule has 0 atom stereocenters. The van der Waals surface area contributed by atoms with Crippen LogP contribution in [-0.2, 0) is 5.25 Å². The molecule has 0 aliphatic heterocycles. The summed E-state index contributed by atoms with van der Waals surface area (Å²) in [4.78, 5) is 0. The Morgan fingerprint density at radius 3 is 1.62 bits per heavy atom. The molecule has 0 nitrogen and oxygen atoms in total. The topological polar surface area (TPSA) is 0 Å². The number of benzene rings is 1. The van der Waals surface area contributed by atoms with Gasteiger partial charge in [-0.05, 0) is 0 Å². The molecule has 2 heteroatoms. The van der Waals surface area contributed by atoms with Gasteiger partial charge < -0.3 is 0 Å². The van der Waals surface area contributed by atoms with Crippen LogP contribution in [0.5, 0.6) is 0 Å². The summed E-state index contributed by atoms with van der Waals surface area (Å²) in [7, 11) is 0. The summed E-state index contributed by atoms with van der Waals surface area (Å²) < 4.78 is 6.72. The van der Waals surface area contributed by atoms with Crippen molar-refractivity contribution < 1.29 is 0 Å². The van der Waals surface area contributed by atoms with Gasteiger partial charge in [0.2, 0.25) is 0 Å². The Bertz CT molecular complexity index is 440. The monoisotopic (exact) mass is 500 g/mol. The van der Waals surface area contributed by atoms with Crippen molar-refractivity contribution in [3.63, 3.8) is 0 Å². The molecule has 0 aliphatic carbocycles. The molecule has 0 fully saturated rings. The number of hydrogen-bond acceptors (Lipinski definition) is 0. The number of rotatable bonds is 12. The zero-order chi connectivity index (χ0) is 18.1. The van der Waals surface area contributed by atoms with E-state index in [1.807, 2.05) is 3.58 Å². The van der Waals surface area contributed by atoms with Gasteiger partial charge in [-0.15, -0.1) is 0 Å². The van der Waals surface area contributed by atoms with Crippen molar-refractivity contribution in [2.45, 2.75) is 95.1 Å². The van der Waals surface area contributed by atoms with Gasteiger partial charge in [-0.1, -0.05) is 0 Å². The molecular formula is C22H42GeSn. The van der Waals surface area contributed by atoms with E-state index < -0.39 is 31.6 Å². The summed E-state index contributed by atoms with van der Waals surface area (Å²) in [5.41, 5.74) is 1.78. The zero-order valence-electron chi connectivity index (χ0n) is 17.4. The van der Waals surface area contributed by atoms with Crippen LogP contribution in [-0.4, -0.2) is 31.6 Å². The number of unbranched alkanes of at least 4 members (excludes halogenated alkanes) is 3. The van der Waals surface area contributed by atoms with Crippen LogP contribution in [0, 0.1) is 0 Å². The summed E-state index contributed by atoms with van der Waals surface area (Å²) in [6, 6.07) is 9.74. The second kappa shape index (κ2) is 11.3. The molecular weight excluding hydrogens is 456 g/mol. The molecule has 0 saturated heterocycles. The fourth-order valence-corrected chi connectivity index (χ4v) is 25.2. The molecule has 0 unspecified atom stereocenters. The van der Waals surface area contributed by atoms with E-state index in [0.29, 0.717) is 0 Å². The molecule has 138 valence electrons. The summed E-state index contributed by atoms with van der Waals surface area (Å²) in [5, 5.41) is 1.43. The Kier molecular flexibility index (Phi) is 10.7. The van der Waals surface area contributed by atoms with E-state index in [-0.39, 0.29) is 0 Å². The van der Waals surface area contributed by atoms with Crippen molar-refractivity contribution >= 4 is 35.2 Å². The Morgan fingerprint density at radius 1 is 0.750 bits per heavy atom. The minimum absolute atomic E-state index is 1.37. The van der Waals surface area contributed by atoms with E-state index in [9.17, 15) is 0 Å². The molecule has 24 heavy (non-hydrogen) atoms. The first-order valence-electron chi connectivity index (χ1n) is 10.5. The van der Waals surface area contributed by atoms with E-state index in [4.69, 9.17) is 0 Å². The van der Waals surface area contributed by atoms with Gasteiger partial charge in [0.1, 0.15) is 0 Å². The van der Waals surface area contributed by atoms with Crippen LogP contribution < -0.4 is 3.58 Å². The van der Waals surface area contributed by atoms with Crippen molar-refractivity contribution in [1.29, 1.82) is 0 Å². The van der Waals surface area contributed by atoms with Gasteiger partial charge in [0, 0.05) is 0 Å². The molecule has 1 rings (SSSR count). The first-order chi connectivity index (χ1) is 11.4. The zero-order valence-corrected chi connectivity index (χ0v) is 22.3. The predicted octanol–water partition coefficient (Wildman–Crippen LogP) is 7.16. The van der Waals surface area contributed by atoms with Crippen molar-refractivity contribution in [3.05, 3.63) is 29.8 Å². The van der Waals surface area contributed by atoms with Gasteiger partial charge in [-0.3, -0.25) is 0 Å². The van der Waals surface area contributed by atoms with Crippen LogP contribution in [0.15, 0.2) is 24.3 Å². The molecule has 0 bridgehead atoms. The van der Waals surface area contributed by atoms with Gasteiger partial charge in [-0.2, -0.15) is 0 Å². The fraction of sp³-hybridized carbons (Fsp3) is 0.727. The predicted molar refractivity (Wildman–Crippen MR) is 118 cm³/mol. The van der Waals surface area contributed by atoms with Crippen molar-refractivity contribution in [1.82, 2.24) is 0 Å². The molecule has 0 aliphatic rings. The minimum atomic E-state index is -2.26. The summed E-state index contributed by atoms with van der Waals surface area (Å²) in [5.74, 6) is 7.74. The van der Waals surface area contributed by atoms with Crippen LogP contribution in [0.1, 0.15) is 64.9 Å². The van der Waals surface area contributed by atoms with E-state index in [1.165, 1.54) is 43.8 Å². The SMILES string of the molecule is CCC[CH2][Sn]([CH2]CCC)([CH2]CCC)[c]1ccccc1[CH2][Ge]([CH3])([CH3])[CH3]. The fourth-order valence-electron chi connectivity index (χ4n) is 4.09. The molecule has 0 spiro atoms. The van der Waals surface area contributed by atoms with Crippen LogP contribution >= 0.6 is 0 Å². The van der Waals surface area contributed by atoms with Crippen molar-refractivity contribution in [2.75, 3.05) is 0 Å². The second-order valence-corrected chi connectivity index (χ2v) is 33.6. The van der Waals surface area contributed by atoms with Crippen molar-refractivity contribution in [2.24, 2.45) is 0 Å². The Morgan fingerprint density at radius 2 is 1.21 bits per heavy atom. The maximum absolute atomic E-state index is 2.58. The molecule has 0 aromatic heterocycles. The first kappa shape index (κ1) is 22.6. The first-order valence-corrected chi connectivity index (χ1v) is 25.7. The van der Waals surface area contributed by atoms with Gasteiger partial charge in [-0.25, -0.2) is 0 Å². The van der Waals surface area contributed by atoms with E-state index in [2.05, 4.69) is 62.3 Å². The molecule has 0 N–H and O–H groups in total. The van der Waals surface area contributed by atoms with Gasteiger partial charge in [0.05, 0.1) is 0 Å². The van der Waals surface area contributed by atoms with E-state index >= 15 is 0 Å². The summed E-state index contributed by atoms with van der Waals surface area (Å²) >= 11 is -3.84. The van der Waals surface area contributed by atoms with Crippen molar-refractivity contribution in [3.8, 4) is 0 Å². The average Bonchev–Trinajstić information content (AvgIpc) is 2.54. The molecule has 0 amide bonds. The third-order valence-electron chi connectivity index (χ3n) is 5.34. The molecule has 0 heterocycles. The average molecular weight is 498 g/mol. The molecule has 0 radical (unpaired) electrons. The normalized spacial score (nSPS) is 12.6. The Labute approximate surface area is 159 Å². The maximum atomic E-state index is 2.58. The summed E-state index contributed by atoms with van der Waals surface area (Å²) in [6.45, 7) is 7.14. The molecule has 0 saturated carbocycles. The van der Waals surface area contributed by atoms with Gasteiger partial charge in [0.15, 0.2) is 0 Å². The second-order valence-electron chi connectivity index (χ2n) is 8.99. The number of hydrogen-bond donors (Lipinski definition) is 0. The van der Waals surface area contributed by atoms with Gasteiger partial charge in [0.25, 0.3) is 0 Å². The Hall–Kier alpha value is 0.562.